The number of fused-ring (bicyclic) bond motifs is 1. The van der Waals surface area contributed by atoms with Crippen LogP contribution in [0.2, 0.25) is 0 Å². The Labute approximate surface area is 86.1 Å². The van der Waals surface area contributed by atoms with Crippen molar-refractivity contribution in [3.8, 4) is 0 Å². The number of hydrogen-bond acceptors (Lipinski definition) is 4. The molecule has 0 aliphatic carbocycles. The van der Waals surface area contributed by atoms with Gasteiger partial charge in [0.2, 0.25) is 0 Å². The zero-order chi connectivity index (χ0) is 9.97. The molecule has 0 unspecified atom stereocenters. The van der Waals surface area contributed by atoms with Crippen LogP contribution in [0.3, 0.4) is 0 Å². The van der Waals surface area contributed by atoms with Crippen molar-refractivity contribution in [3.63, 3.8) is 0 Å². The molecule has 0 amide bonds. The topological polar surface area (TPSA) is 38.7 Å². The maximum Gasteiger partial charge on any atom is 0.331 e. The minimum absolute atomic E-state index is 0.383. The van der Waals surface area contributed by atoms with Gasteiger partial charge in [-0.25, -0.2) is 4.79 Å². The van der Waals surface area contributed by atoms with E-state index in [4.69, 9.17) is 0 Å². The van der Waals surface area contributed by atoms with Crippen LogP contribution in [0.1, 0.15) is 12.5 Å². The molecule has 0 aromatic heterocycles. The molecule has 0 bridgehead atoms. The third kappa shape index (κ3) is 1.80. The van der Waals surface area contributed by atoms with Gasteiger partial charge in [-0.1, -0.05) is 23.4 Å². The molecule has 0 spiro atoms. The van der Waals surface area contributed by atoms with Crippen LogP contribution in [0.25, 0.3) is 0 Å². The average molecular weight is 207 g/mol. The minimum atomic E-state index is -0.383. The summed E-state index contributed by atoms with van der Waals surface area (Å²) in [6.07, 6.45) is 0. The molecular formula is C10H9NO2S. The van der Waals surface area contributed by atoms with Crippen molar-refractivity contribution in [1.29, 1.82) is 0 Å². The molecule has 1 aliphatic rings. The van der Waals surface area contributed by atoms with Crippen molar-refractivity contribution in [1.82, 2.24) is 0 Å². The predicted octanol–water partition coefficient (Wildman–Crippen LogP) is 2.06. The molecule has 2 rings (SSSR count). The fourth-order valence-electron chi connectivity index (χ4n) is 1.25. The molecule has 0 atom stereocenters. The standard InChI is InChI=1S/C10H9NO2S/c1-7(12)13-11-9-6-14-10-5-3-2-4-8(9)10/h2-5H,6H2,1H3. The second-order valence-corrected chi connectivity index (χ2v) is 3.92. The maximum absolute atomic E-state index is 10.6. The van der Waals surface area contributed by atoms with Gasteiger partial charge in [0.25, 0.3) is 0 Å². The largest absolute Gasteiger partial charge is 0.331 e. The first-order chi connectivity index (χ1) is 6.77. The first-order valence-corrected chi connectivity index (χ1v) is 5.22. The van der Waals surface area contributed by atoms with Crippen molar-refractivity contribution in [2.45, 2.75) is 11.8 Å². The van der Waals surface area contributed by atoms with Crippen molar-refractivity contribution < 1.29 is 9.63 Å². The van der Waals surface area contributed by atoms with Crippen LogP contribution in [0, 0.1) is 0 Å². The van der Waals surface area contributed by atoms with Gasteiger partial charge in [0.05, 0.1) is 5.71 Å². The summed E-state index contributed by atoms with van der Waals surface area (Å²) in [5, 5.41) is 3.81. The smallest absolute Gasteiger partial charge is 0.318 e. The summed E-state index contributed by atoms with van der Waals surface area (Å²) in [6, 6.07) is 7.96. The number of nitrogens with zero attached hydrogens (tertiary/aromatic N) is 1. The first kappa shape index (κ1) is 9.27. The average Bonchev–Trinajstić information content (AvgIpc) is 2.58. The zero-order valence-corrected chi connectivity index (χ0v) is 8.50. The van der Waals surface area contributed by atoms with E-state index in [1.807, 2.05) is 24.3 Å². The van der Waals surface area contributed by atoms with Gasteiger partial charge < -0.3 is 4.84 Å². The summed E-state index contributed by atoms with van der Waals surface area (Å²) < 4.78 is 0. The maximum atomic E-state index is 10.6. The molecule has 1 heterocycles. The van der Waals surface area contributed by atoms with E-state index in [1.54, 1.807) is 11.8 Å². The lowest BCUT2D eigenvalue weighted by Gasteiger charge is -1.96. The number of carbonyl (C=O) groups excluding carboxylic acids is 1. The normalized spacial score (nSPS) is 16.8. The summed E-state index contributed by atoms with van der Waals surface area (Å²) in [7, 11) is 0. The molecule has 3 nitrogen and oxygen atoms in total. The molecule has 1 aliphatic heterocycles. The Morgan fingerprint density at radius 2 is 2.29 bits per heavy atom. The Balaban J connectivity index is 2.26. The van der Waals surface area contributed by atoms with Crippen LogP contribution >= 0.6 is 11.8 Å². The van der Waals surface area contributed by atoms with E-state index in [9.17, 15) is 4.79 Å². The first-order valence-electron chi connectivity index (χ1n) is 4.24. The van der Waals surface area contributed by atoms with Crippen molar-refractivity contribution in [2.75, 3.05) is 5.75 Å². The number of benzene rings is 1. The lowest BCUT2D eigenvalue weighted by Crippen LogP contribution is -2.01. The van der Waals surface area contributed by atoms with Gasteiger partial charge in [0.15, 0.2) is 0 Å². The molecular weight excluding hydrogens is 198 g/mol. The van der Waals surface area contributed by atoms with Gasteiger partial charge in [0, 0.05) is 23.1 Å². The predicted molar refractivity (Wildman–Crippen MR) is 55.5 cm³/mol. The highest BCUT2D eigenvalue weighted by atomic mass is 32.2. The summed E-state index contributed by atoms with van der Waals surface area (Å²) in [5.41, 5.74) is 1.90. The quantitative estimate of drug-likeness (QED) is 0.522. The van der Waals surface area contributed by atoms with Crippen molar-refractivity contribution >= 4 is 23.4 Å². The minimum Gasteiger partial charge on any atom is -0.318 e. The number of rotatable bonds is 1. The van der Waals surface area contributed by atoms with Gasteiger partial charge in [0.1, 0.15) is 0 Å². The van der Waals surface area contributed by atoms with E-state index in [-0.39, 0.29) is 5.97 Å². The van der Waals surface area contributed by atoms with Crippen LogP contribution in [-0.2, 0) is 9.63 Å². The highest BCUT2D eigenvalue weighted by Gasteiger charge is 2.18. The van der Waals surface area contributed by atoms with Gasteiger partial charge in [-0.3, -0.25) is 0 Å². The monoisotopic (exact) mass is 207 g/mol. The third-order valence-corrected chi connectivity index (χ3v) is 2.93. The van der Waals surface area contributed by atoms with E-state index >= 15 is 0 Å². The van der Waals surface area contributed by atoms with E-state index in [0.29, 0.717) is 0 Å². The summed E-state index contributed by atoms with van der Waals surface area (Å²) in [4.78, 5) is 16.4. The summed E-state index contributed by atoms with van der Waals surface area (Å²) >= 11 is 1.71. The molecule has 1 aromatic rings. The highest BCUT2D eigenvalue weighted by molar-refractivity contribution is 8.00. The molecule has 0 saturated heterocycles. The van der Waals surface area contributed by atoms with Gasteiger partial charge >= 0.3 is 5.97 Å². The lowest BCUT2D eigenvalue weighted by molar-refractivity contribution is -0.140. The number of oxime groups is 1. The van der Waals surface area contributed by atoms with Crippen LogP contribution in [0.15, 0.2) is 34.3 Å². The Hall–Kier alpha value is -1.29. The van der Waals surface area contributed by atoms with Crippen molar-refractivity contribution in [3.05, 3.63) is 29.8 Å². The van der Waals surface area contributed by atoms with E-state index in [0.717, 1.165) is 17.0 Å². The van der Waals surface area contributed by atoms with Crippen molar-refractivity contribution in [2.24, 2.45) is 5.16 Å². The zero-order valence-electron chi connectivity index (χ0n) is 7.69. The van der Waals surface area contributed by atoms with Gasteiger partial charge in [-0.2, -0.15) is 0 Å². The Kier molecular flexibility index (Phi) is 2.54. The van der Waals surface area contributed by atoms with Crippen LogP contribution in [-0.4, -0.2) is 17.4 Å². The van der Waals surface area contributed by atoms with Gasteiger partial charge in [-0.15, -0.1) is 11.8 Å². The third-order valence-electron chi connectivity index (χ3n) is 1.85. The van der Waals surface area contributed by atoms with Crippen LogP contribution in [0.4, 0.5) is 0 Å². The molecule has 14 heavy (non-hydrogen) atoms. The summed E-state index contributed by atoms with van der Waals surface area (Å²) in [5.74, 6) is 0.388. The van der Waals surface area contributed by atoms with Crippen LogP contribution < -0.4 is 0 Å². The Morgan fingerprint density at radius 1 is 1.50 bits per heavy atom. The summed E-state index contributed by atoms with van der Waals surface area (Å²) in [6.45, 7) is 1.35. The Bertz CT molecular complexity index is 401. The van der Waals surface area contributed by atoms with E-state index < -0.39 is 0 Å². The highest BCUT2D eigenvalue weighted by Crippen LogP contribution is 2.31. The molecule has 0 radical (unpaired) electrons. The molecule has 4 heteroatoms. The van der Waals surface area contributed by atoms with Gasteiger partial charge in [-0.05, 0) is 6.07 Å². The molecule has 0 N–H and O–H groups in total. The molecule has 0 fully saturated rings. The number of thioether (sulfide) groups is 1. The number of carbonyl (C=O) groups is 1. The fraction of sp³-hybridized carbons (Fsp3) is 0.200. The Morgan fingerprint density at radius 3 is 3.07 bits per heavy atom. The van der Waals surface area contributed by atoms with E-state index in [2.05, 4.69) is 9.99 Å². The van der Waals surface area contributed by atoms with E-state index in [1.165, 1.54) is 11.8 Å². The number of hydrogen-bond donors (Lipinski definition) is 0. The molecule has 1 aromatic carbocycles. The molecule has 0 saturated carbocycles. The van der Waals surface area contributed by atoms with Crippen LogP contribution in [0.5, 0.6) is 0 Å². The second kappa shape index (κ2) is 3.84. The molecule has 72 valence electrons. The fourth-order valence-corrected chi connectivity index (χ4v) is 2.27. The SMILES string of the molecule is CC(=O)ON=C1CSc2ccccc21. The second-order valence-electron chi connectivity index (χ2n) is 2.91. The lowest BCUT2D eigenvalue weighted by atomic mass is 10.1.